The van der Waals surface area contributed by atoms with E-state index in [4.69, 9.17) is 0 Å². The van der Waals surface area contributed by atoms with Gasteiger partial charge < -0.3 is 9.80 Å². The Labute approximate surface area is 310 Å². The summed E-state index contributed by atoms with van der Waals surface area (Å²) >= 11 is 0. The molecule has 4 aliphatic carbocycles. The molecule has 0 fully saturated rings. The zero-order chi connectivity index (χ0) is 35.8. The van der Waals surface area contributed by atoms with E-state index in [9.17, 15) is 0 Å². The number of fused-ring (bicyclic) bond motifs is 6. The van der Waals surface area contributed by atoms with Crippen LogP contribution in [0.4, 0.5) is 22.7 Å². The normalized spacial score (nSPS) is 18.3. The van der Waals surface area contributed by atoms with E-state index in [0.717, 1.165) is 30.6 Å². The summed E-state index contributed by atoms with van der Waals surface area (Å²) in [6.07, 6.45) is 19.1. The van der Waals surface area contributed by atoms with Crippen LogP contribution in [0.25, 0.3) is 22.3 Å². The maximum absolute atomic E-state index is 2.60. The largest absolute Gasteiger partial charge is 0.338 e. The number of anilines is 4. The summed E-state index contributed by atoms with van der Waals surface area (Å²) in [5.74, 6) is 0. The maximum atomic E-state index is 2.60. The minimum Gasteiger partial charge on any atom is -0.338 e. The summed E-state index contributed by atoms with van der Waals surface area (Å²) < 4.78 is 0. The van der Waals surface area contributed by atoms with Crippen LogP contribution in [0, 0.1) is 13.8 Å². The molecular weight excluding hydrogens is 629 g/mol. The average molecular weight is 677 g/mol. The van der Waals surface area contributed by atoms with Crippen molar-refractivity contribution in [2.45, 2.75) is 77.7 Å². The summed E-state index contributed by atoms with van der Waals surface area (Å²) in [7, 11) is 0. The number of para-hydroxylation sites is 2. The third kappa shape index (κ3) is 4.84. The summed E-state index contributed by atoms with van der Waals surface area (Å²) in [6, 6.07) is 36.4. The molecule has 1 unspecified atom stereocenters. The van der Waals surface area contributed by atoms with Crippen molar-refractivity contribution in [2.75, 3.05) is 9.80 Å². The molecule has 0 amide bonds. The lowest BCUT2D eigenvalue weighted by Crippen LogP contribution is -2.34. The molecule has 0 spiro atoms. The first kappa shape index (κ1) is 32.6. The number of nitrogens with zero attached hydrogens (tertiary/aromatic N) is 2. The van der Waals surface area contributed by atoms with Gasteiger partial charge in [-0.1, -0.05) is 113 Å². The number of benzene rings is 5. The standard InChI is InChI=1S/C50H48N2/c1-33-45-41-29-27-39(51(35-19-11-7-12-20-35)36-21-13-8-14-22-36)31-43(41)50(5,6)48(45)34(2)46-42-30-28-40(32-44(42)49(3,4)47(33)46)52(37-23-15-9-16-24-37)38-25-17-10-18-26-38/h7-17,19-23,25,27-32,37H,18,24,26H2,1-6H3. The molecule has 9 rings (SSSR count). The fourth-order valence-corrected chi connectivity index (χ4v) is 10.1. The Hall–Kier alpha value is -5.34. The Balaban J connectivity index is 1.18. The van der Waals surface area contributed by atoms with Gasteiger partial charge in [0, 0.05) is 39.3 Å². The molecule has 1 atom stereocenters. The van der Waals surface area contributed by atoms with Crippen LogP contribution < -0.4 is 9.80 Å². The van der Waals surface area contributed by atoms with Gasteiger partial charge in [0.15, 0.2) is 0 Å². The number of rotatable bonds is 6. The highest BCUT2D eigenvalue weighted by atomic mass is 15.2. The Kier molecular flexibility index (Phi) is 7.59. The molecule has 5 aromatic rings. The molecule has 2 heteroatoms. The first-order valence-corrected chi connectivity index (χ1v) is 19.0. The molecule has 0 aliphatic heterocycles. The van der Waals surface area contributed by atoms with Gasteiger partial charge >= 0.3 is 0 Å². The van der Waals surface area contributed by atoms with Crippen LogP contribution >= 0.6 is 0 Å². The Morgan fingerprint density at radius 2 is 1.13 bits per heavy atom. The van der Waals surface area contributed by atoms with Gasteiger partial charge in [0.2, 0.25) is 0 Å². The molecular formula is C50H48N2. The Bertz CT molecular complexity index is 2310. The molecule has 0 radical (unpaired) electrons. The smallest absolute Gasteiger partial charge is 0.0556 e. The van der Waals surface area contributed by atoms with E-state index < -0.39 is 0 Å². The van der Waals surface area contributed by atoms with Crippen molar-refractivity contribution in [3.8, 4) is 22.3 Å². The molecule has 0 saturated carbocycles. The van der Waals surface area contributed by atoms with Gasteiger partial charge in [-0.3, -0.25) is 0 Å². The van der Waals surface area contributed by atoms with Crippen LogP contribution in [0.15, 0.2) is 145 Å². The fourth-order valence-electron chi connectivity index (χ4n) is 10.1. The van der Waals surface area contributed by atoms with Crippen molar-refractivity contribution >= 4 is 22.7 Å². The Morgan fingerprint density at radius 1 is 0.577 bits per heavy atom. The zero-order valence-corrected chi connectivity index (χ0v) is 31.4. The highest BCUT2D eigenvalue weighted by Gasteiger charge is 2.46. The minimum atomic E-state index is -0.158. The molecule has 0 saturated heterocycles. The second-order valence-corrected chi connectivity index (χ2v) is 16.1. The van der Waals surface area contributed by atoms with Gasteiger partial charge in [0.05, 0.1) is 6.04 Å². The van der Waals surface area contributed by atoms with Crippen LogP contribution in [0.5, 0.6) is 0 Å². The summed E-state index contributed by atoms with van der Waals surface area (Å²) in [4.78, 5) is 4.99. The van der Waals surface area contributed by atoms with Gasteiger partial charge in [-0.2, -0.15) is 0 Å². The molecule has 258 valence electrons. The van der Waals surface area contributed by atoms with Crippen LogP contribution in [0.1, 0.15) is 80.3 Å². The van der Waals surface area contributed by atoms with Crippen LogP contribution in [0.3, 0.4) is 0 Å². The molecule has 0 N–H and O–H groups in total. The predicted octanol–water partition coefficient (Wildman–Crippen LogP) is 13.3. The number of hydrogen-bond donors (Lipinski definition) is 0. The van der Waals surface area contributed by atoms with E-state index in [1.807, 2.05) is 0 Å². The van der Waals surface area contributed by atoms with Crippen molar-refractivity contribution in [3.63, 3.8) is 0 Å². The lowest BCUT2D eigenvalue weighted by atomic mass is 9.74. The second-order valence-electron chi connectivity index (χ2n) is 16.1. The van der Waals surface area contributed by atoms with Crippen molar-refractivity contribution in [2.24, 2.45) is 0 Å². The van der Waals surface area contributed by atoms with Gasteiger partial charge in [-0.25, -0.2) is 0 Å². The van der Waals surface area contributed by atoms with Gasteiger partial charge in [0.1, 0.15) is 0 Å². The third-order valence-corrected chi connectivity index (χ3v) is 12.3. The first-order valence-electron chi connectivity index (χ1n) is 19.0. The second kappa shape index (κ2) is 12.1. The summed E-state index contributed by atoms with van der Waals surface area (Å²) in [5.41, 5.74) is 20.3. The molecule has 0 heterocycles. The summed E-state index contributed by atoms with van der Waals surface area (Å²) in [6.45, 7) is 14.6. The van der Waals surface area contributed by atoms with E-state index in [-0.39, 0.29) is 10.8 Å². The Morgan fingerprint density at radius 3 is 1.65 bits per heavy atom. The molecule has 2 nitrogen and oxygen atoms in total. The van der Waals surface area contributed by atoms with E-state index in [1.54, 1.807) is 0 Å². The summed E-state index contributed by atoms with van der Waals surface area (Å²) in [5, 5.41) is 0. The lowest BCUT2D eigenvalue weighted by Gasteiger charge is -2.36. The maximum Gasteiger partial charge on any atom is 0.0556 e. The molecule has 52 heavy (non-hydrogen) atoms. The van der Waals surface area contributed by atoms with Crippen molar-refractivity contribution in [1.29, 1.82) is 0 Å². The van der Waals surface area contributed by atoms with Gasteiger partial charge in [-0.15, -0.1) is 0 Å². The lowest BCUT2D eigenvalue weighted by molar-refractivity contribution is 0.644. The SMILES string of the molecule is Cc1c2c(c(C)c3c1C(C)(C)c1cc(N(c4ccccc4)c4ccccc4)ccc1-3)C(C)(C)c1cc(N(C3=CC=CCC3)C3C=CC=CC3)ccc1-2. The van der Waals surface area contributed by atoms with Crippen molar-refractivity contribution < 1.29 is 0 Å². The van der Waals surface area contributed by atoms with Crippen LogP contribution in [0.2, 0.25) is 0 Å². The fraction of sp³-hybridized carbons (Fsp3) is 0.240. The van der Waals surface area contributed by atoms with E-state index in [1.165, 1.54) is 72.7 Å². The molecule has 0 aromatic heterocycles. The first-order chi connectivity index (χ1) is 25.2. The number of hydrogen-bond acceptors (Lipinski definition) is 2. The van der Waals surface area contributed by atoms with E-state index >= 15 is 0 Å². The predicted molar refractivity (Wildman–Crippen MR) is 221 cm³/mol. The monoisotopic (exact) mass is 676 g/mol. The molecule has 5 aromatic carbocycles. The molecule has 0 bridgehead atoms. The van der Waals surface area contributed by atoms with Crippen molar-refractivity contribution in [3.05, 3.63) is 179 Å². The van der Waals surface area contributed by atoms with E-state index in [0.29, 0.717) is 6.04 Å². The molecule has 4 aliphatic rings. The average Bonchev–Trinajstić information content (AvgIpc) is 3.56. The highest BCUT2D eigenvalue weighted by molar-refractivity contribution is 5.96. The topological polar surface area (TPSA) is 6.48 Å². The van der Waals surface area contributed by atoms with Crippen molar-refractivity contribution in [1.82, 2.24) is 0 Å². The highest BCUT2D eigenvalue weighted by Crippen LogP contribution is 2.60. The quantitative estimate of drug-likeness (QED) is 0.177. The zero-order valence-electron chi connectivity index (χ0n) is 31.4. The van der Waals surface area contributed by atoms with Crippen LogP contribution in [-0.2, 0) is 10.8 Å². The van der Waals surface area contributed by atoms with E-state index in [2.05, 4.69) is 191 Å². The minimum absolute atomic E-state index is 0.135. The van der Waals surface area contributed by atoms with Gasteiger partial charge in [-0.05, 0) is 143 Å². The third-order valence-electron chi connectivity index (χ3n) is 12.3. The van der Waals surface area contributed by atoms with Crippen LogP contribution in [-0.4, -0.2) is 6.04 Å². The van der Waals surface area contributed by atoms with Gasteiger partial charge in [0.25, 0.3) is 0 Å². The number of allylic oxidation sites excluding steroid dienone is 6.